The van der Waals surface area contributed by atoms with Crippen LogP contribution in [0.3, 0.4) is 0 Å². The first-order chi connectivity index (χ1) is 12.1. The first-order valence-corrected chi connectivity index (χ1v) is 8.55. The van der Waals surface area contributed by atoms with E-state index in [0.717, 1.165) is 45.1 Å². The van der Waals surface area contributed by atoms with Gasteiger partial charge in [0.05, 0.1) is 32.0 Å². The van der Waals surface area contributed by atoms with Gasteiger partial charge >= 0.3 is 0 Å². The van der Waals surface area contributed by atoms with Gasteiger partial charge in [0.25, 0.3) is 0 Å². The molecule has 1 fully saturated rings. The molecular weight excluding hydrogens is 322 g/mol. The zero-order valence-electron chi connectivity index (χ0n) is 15.4. The maximum absolute atomic E-state index is 11.8. The van der Waals surface area contributed by atoms with E-state index in [0.29, 0.717) is 12.5 Å². The van der Waals surface area contributed by atoms with Gasteiger partial charge in [0.1, 0.15) is 0 Å². The second-order valence-corrected chi connectivity index (χ2v) is 6.13. The second kappa shape index (κ2) is 10.00. The summed E-state index contributed by atoms with van der Waals surface area (Å²) in [7, 11) is 5.37. The lowest BCUT2D eigenvalue weighted by Gasteiger charge is -2.26. The van der Waals surface area contributed by atoms with Crippen LogP contribution >= 0.6 is 0 Å². The summed E-state index contributed by atoms with van der Waals surface area (Å²) in [5, 5.41) is 10.5. The lowest BCUT2D eigenvalue weighted by atomic mass is 10.4. The fourth-order valence-corrected chi connectivity index (χ4v) is 2.37. The number of carbonyl (C=O) groups is 1. The first-order valence-electron chi connectivity index (χ1n) is 8.55. The number of aromatic nitrogens is 2. The highest BCUT2D eigenvalue weighted by atomic mass is 16.5. The molecule has 2 N–H and O–H groups in total. The van der Waals surface area contributed by atoms with E-state index in [1.54, 1.807) is 29.9 Å². The topological polar surface area (TPSA) is 87.0 Å². The van der Waals surface area contributed by atoms with Gasteiger partial charge in [-0.05, 0) is 6.07 Å². The average Bonchev–Trinajstić information content (AvgIpc) is 3.02. The van der Waals surface area contributed by atoms with Crippen molar-refractivity contribution in [1.82, 2.24) is 30.2 Å². The lowest BCUT2D eigenvalue weighted by molar-refractivity contribution is -0.127. The minimum atomic E-state index is 0.00297. The van der Waals surface area contributed by atoms with Crippen LogP contribution in [0.1, 0.15) is 5.69 Å². The van der Waals surface area contributed by atoms with Gasteiger partial charge in [0.15, 0.2) is 5.96 Å². The van der Waals surface area contributed by atoms with Crippen molar-refractivity contribution in [3.8, 4) is 0 Å². The molecule has 25 heavy (non-hydrogen) atoms. The van der Waals surface area contributed by atoms with Crippen molar-refractivity contribution in [2.45, 2.75) is 6.54 Å². The average molecular weight is 351 g/mol. The van der Waals surface area contributed by atoms with Gasteiger partial charge in [-0.25, -0.2) is 4.99 Å². The highest BCUT2D eigenvalue weighted by molar-refractivity contribution is 5.86. The van der Waals surface area contributed by atoms with E-state index in [9.17, 15) is 4.79 Å². The number of carbonyl (C=O) groups excluding carboxylic acids is 1. The van der Waals surface area contributed by atoms with Crippen molar-refractivity contribution in [1.29, 1.82) is 0 Å². The summed E-state index contributed by atoms with van der Waals surface area (Å²) in [6.45, 7) is 5.87. The molecule has 9 nitrogen and oxygen atoms in total. The lowest BCUT2D eigenvalue weighted by Crippen LogP contribution is -2.46. The molecule has 0 radical (unpaired) electrons. The van der Waals surface area contributed by atoms with E-state index in [4.69, 9.17) is 4.74 Å². The summed E-state index contributed by atoms with van der Waals surface area (Å²) in [4.78, 5) is 20.3. The molecule has 1 aliphatic rings. The summed E-state index contributed by atoms with van der Waals surface area (Å²) in [5.74, 6) is 0.632. The number of hydrogen-bond acceptors (Lipinski definition) is 5. The molecule has 2 rings (SSSR count). The Morgan fingerprint density at radius 3 is 2.76 bits per heavy atom. The molecule has 1 amide bonds. The third kappa shape index (κ3) is 6.71. The Hall–Kier alpha value is -2.13. The standard InChI is InChI=1S/C16H29N7O2/c1-21(2)15(24)13-19-16(18-12-14-4-5-20-22(14)3)17-6-7-23-8-10-25-11-9-23/h4-5H,6-13H2,1-3H3,(H2,17,18,19). The molecule has 1 saturated heterocycles. The first kappa shape index (κ1) is 19.2. The third-order valence-electron chi connectivity index (χ3n) is 4.05. The Bertz CT molecular complexity index is 565. The number of likely N-dealkylation sites (N-methyl/N-ethyl adjacent to an activating group) is 1. The Kier molecular flexibility index (Phi) is 7.68. The Labute approximate surface area is 149 Å². The van der Waals surface area contributed by atoms with Crippen LogP contribution in [0.5, 0.6) is 0 Å². The van der Waals surface area contributed by atoms with Crippen LogP contribution in [-0.2, 0) is 23.1 Å². The SMILES string of the molecule is CN(C)C(=O)CNC(=NCc1ccnn1C)NCCN1CCOCC1. The van der Waals surface area contributed by atoms with Gasteiger partial charge < -0.3 is 20.3 Å². The molecule has 0 aliphatic carbocycles. The number of guanidine groups is 1. The number of hydrogen-bond donors (Lipinski definition) is 2. The Morgan fingerprint density at radius 2 is 2.12 bits per heavy atom. The number of ether oxygens (including phenoxy) is 1. The molecule has 9 heteroatoms. The van der Waals surface area contributed by atoms with Crippen LogP contribution < -0.4 is 10.6 Å². The largest absolute Gasteiger partial charge is 0.379 e. The normalized spacial score (nSPS) is 15.9. The molecule has 0 aromatic carbocycles. The monoisotopic (exact) mass is 351 g/mol. The molecule has 0 unspecified atom stereocenters. The van der Waals surface area contributed by atoms with Crippen LogP contribution in [0.4, 0.5) is 0 Å². The smallest absolute Gasteiger partial charge is 0.241 e. The van der Waals surface area contributed by atoms with Crippen LogP contribution in [0.15, 0.2) is 17.3 Å². The van der Waals surface area contributed by atoms with E-state index in [-0.39, 0.29) is 12.5 Å². The van der Waals surface area contributed by atoms with Crippen molar-refractivity contribution in [2.24, 2.45) is 12.0 Å². The number of nitrogens with zero attached hydrogens (tertiary/aromatic N) is 5. The van der Waals surface area contributed by atoms with E-state index in [1.807, 2.05) is 13.1 Å². The fraction of sp³-hybridized carbons (Fsp3) is 0.688. The predicted molar refractivity (Wildman–Crippen MR) is 96.3 cm³/mol. The van der Waals surface area contributed by atoms with E-state index in [1.165, 1.54) is 0 Å². The predicted octanol–water partition coefficient (Wildman–Crippen LogP) is -1.12. The van der Waals surface area contributed by atoms with Crippen molar-refractivity contribution in [3.05, 3.63) is 18.0 Å². The number of aryl methyl sites for hydroxylation is 1. The van der Waals surface area contributed by atoms with Crippen molar-refractivity contribution < 1.29 is 9.53 Å². The maximum atomic E-state index is 11.8. The quantitative estimate of drug-likeness (QED) is 0.478. The molecule has 1 aromatic heterocycles. The molecule has 0 atom stereocenters. The Balaban J connectivity index is 1.86. The molecule has 0 spiro atoms. The summed E-state index contributed by atoms with van der Waals surface area (Å²) in [6.07, 6.45) is 1.75. The van der Waals surface area contributed by atoms with Crippen molar-refractivity contribution >= 4 is 11.9 Å². The zero-order chi connectivity index (χ0) is 18.1. The molecule has 1 aliphatic heterocycles. The van der Waals surface area contributed by atoms with Gasteiger partial charge in [-0.1, -0.05) is 0 Å². The van der Waals surface area contributed by atoms with E-state index in [2.05, 4.69) is 25.6 Å². The van der Waals surface area contributed by atoms with Gasteiger partial charge in [0.2, 0.25) is 5.91 Å². The Morgan fingerprint density at radius 1 is 1.36 bits per heavy atom. The minimum Gasteiger partial charge on any atom is -0.379 e. The third-order valence-corrected chi connectivity index (χ3v) is 4.05. The molecule has 140 valence electrons. The summed E-state index contributed by atoms with van der Waals surface area (Å²) >= 11 is 0. The zero-order valence-corrected chi connectivity index (χ0v) is 15.4. The number of amides is 1. The fourth-order valence-electron chi connectivity index (χ4n) is 2.37. The van der Waals surface area contributed by atoms with E-state index < -0.39 is 0 Å². The molecule has 1 aromatic rings. The molecule has 0 bridgehead atoms. The molecule has 2 heterocycles. The maximum Gasteiger partial charge on any atom is 0.241 e. The molecule has 0 saturated carbocycles. The van der Waals surface area contributed by atoms with Gasteiger partial charge in [-0.3, -0.25) is 14.4 Å². The van der Waals surface area contributed by atoms with Crippen LogP contribution in [-0.4, -0.2) is 91.5 Å². The van der Waals surface area contributed by atoms with Gasteiger partial charge in [0, 0.05) is 53.5 Å². The summed E-state index contributed by atoms with van der Waals surface area (Å²) in [5.41, 5.74) is 1.01. The highest BCUT2D eigenvalue weighted by Crippen LogP contribution is 1.98. The van der Waals surface area contributed by atoms with Crippen LogP contribution in [0.2, 0.25) is 0 Å². The number of aliphatic imine (C=N–C) groups is 1. The van der Waals surface area contributed by atoms with Gasteiger partial charge in [-0.2, -0.15) is 5.10 Å². The number of rotatable bonds is 7. The second-order valence-electron chi connectivity index (χ2n) is 6.13. The summed E-state index contributed by atoms with van der Waals surface area (Å²) in [6, 6.07) is 1.93. The summed E-state index contributed by atoms with van der Waals surface area (Å²) < 4.78 is 7.15. The van der Waals surface area contributed by atoms with Crippen LogP contribution in [0, 0.1) is 0 Å². The number of morpholine rings is 1. The van der Waals surface area contributed by atoms with Crippen molar-refractivity contribution in [3.63, 3.8) is 0 Å². The van der Waals surface area contributed by atoms with E-state index >= 15 is 0 Å². The van der Waals surface area contributed by atoms with Crippen LogP contribution in [0.25, 0.3) is 0 Å². The number of nitrogens with one attached hydrogen (secondary N) is 2. The van der Waals surface area contributed by atoms with Crippen molar-refractivity contribution in [2.75, 3.05) is 60.0 Å². The van der Waals surface area contributed by atoms with Gasteiger partial charge in [-0.15, -0.1) is 0 Å². The highest BCUT2D eigenvalue weighted by Gasteiger charge is 2.10. The minimum absolute atomic E-state index is 0.00297. The molecular formula is C16H29N7O2.